The number of rotatable bonds is 6. The molecule has 0 unspecified atom stereocenters. The molecule has 0 atom stereocenters. The van der Waals surface area contributed by atoms with Gasteiger partial charge in [0.15, 0.2) is 0 Å². The number of imidazole rings is 1. The largest absolute Gasteiger partial charge is 0.379 e. The van der Waals surface area contributed by atoms with Crippen LogP contribution < -0.4 is 11.1 Å². The highest BCUT2D eigenvalue weighted by atomic mass is 16.6. The number of aryl methyl sites for hydroxylation is 1. The third-order valence-electron chi connectivity index (χ3n) is 2.42. The highest BCUT2D eigenvalue weighted by Crippen LogP contribution is 2.03. The lowest BCUT2D eigenvalue weighted by atomic mass is 10.3. The molecule has 2 aromatic rings. The van der Waals surface area contributed by atoms with Crippen molar-refractivity contribution in [3.63, 3.8) is 0 Å². The molecule has 0 spiro atoms. The van der Waals surface area contributed by atoms with Gasteiger partial charge in [0, 0.05) is 25.5 Å². The normalized spacial score (nSPS) is 10.4. The van der Waals surface area contributed by atoms with Gasteiger partial charge in [0.05, 0.1) is 6.33 Å². The number of nitrogen functional groups attached to an aromatic ring is 1. The number of hydrogen-bond acceptors (Lipinski definition) is 6. The Bertz CT molecular complexity index is 492. The van der Waals surface area contributed by atoms with Gasteiger partial charge < -0.3 is 15.6 Å². The molecule has 96 valence electrons. The number of carbonyl (C=O) groups is 1. The van der Waals surface area contributed by atoms with E-state index in [-0.39, 0.29) is 17.4 Å². The smallest absolute Gasteiger partial charge is 0.277 e. The molecule has 0 aliphatic heterocycles. The Labute approximate surface area is 103 Å². The molecule has 0 aliphatic rings. The third kappa shape index (κ3) is 3.06. The minimum Gasteiger partial charge on any atom is -0.379 e. The third-order valence-corrected chi connectivity index (χ3v) is 2.42. The average Bonchev–Trinajstić information content (AvgIpc) is 2.99. The second-order valence-corrected chi connectivity index (χ2v) is 3.76. The van der Waals surface area contributed by atoms with Crippen LogP contribution in [0.3, 0.4) is 0 Å². The van der Waals surface area contributed by atoms with E-state index >= 15 is 0 Å². The van der Waals surface area contributed by atoms with Gasteiger partial charge in [-0.05, 0) is 23.2 Å². The molecule has 0 saturated heterocycles. The Morgan fingerprint density at radius 1 is 1.44 bits per heavy atom. The van der Waals surface area contributed by atoms with E-state index in [1.54, 1.807) is 12.5 Å². The van der Waals surface area contributed by atoms with Crippen LogP contribution in [0.1, 0.15) is 23.3 Å². The van der Waals surface area contributed by atoms with Gasteiger partial charge in [-0.15, -0.1) is 0 Å². The van der Waals surface area contributed by atoms with Crippen LogP contribution in [0.15, 0.2) is 23.4 Å². The predicted molar refractivity (Wildman–Crippen MR) is 62.5 cm³/mol. The zero-order valence-electron chi connectivity index (χ0n) is 9.74. The number of anilines is 1. The van der Waals surface area contributed by atoms with Crippen molar-refractivity contribution < 1.29 is 9.42 Å². The summed E-state index contributed by atoms with van der Waals surface area (Å²) in [4.78, 5) is 15.5. The zero-order valence-corrected chi connectivity index (χ0v) is 9.74. The van der Waals surface area contributed by atoms with Gasteiger partial charge in [0.2, 0.25) is 11.5 Å². The molecule has 0 aliphatic carbocycles. The Balaban J connectivity index is 1.64. The summed E-state index contributed by atoms with van der Waals surface area (Å²) in [5.41, 5.74) is 5.43. The number of amides is 1. The SMILES string of the molecule is Nc1nonc1C(=O)NCCCCn1ccnc1. The molecule has 0 fully saturated rings. The van der Waals surface area contributed by atoms with Gasteiger partial charge in [0.25, 0.3) is 5.91 Å². The van der Waals surface area contributed by atoms with Crippen LogP contribution in [0.25, 0.3) is 0 Å². The van der Waals surface area contributed by atoms with E-state index in [2.05, 4.69) is 25.2 Å². The van der Waals surface area contributed by atoms with Crippen LogP contribution in [0, 0.1) is 0 Å². The fourth-order valence-corrected chi connectivity index (χ4v) is 1.48. The lowest BCUT2D eigenvalue weighted by Crippen LogP contribution is -2.25. The summed E-state index contributed by atoms with van der Waals surface area (Å²) in [6, 6.07) is 0. The molecular formula is C10H14N6O2. The lowest BCUT2D eigenvalue weighted by molar-refractivity contribution is 0.0943. The van der Waals surface area contributed by atoms with E-state index in [0.29, 0.717) is 6.54 Å². The maximum Gasteiger partial charge on any atom is 0.277 e. The standard InChI is InChI=1S/C10H14N6O2/c11-9-8(14-18-15-9)10(17)13-3-1-2-5-16-6-4-12-7-16/h4,6-7H,1-3,5H2,(H2,11,15)(H,13,17). The van der Waals surface area contributed by atoms with Gasteiger partial charge >= 0.3 is 0 Å². The number of unbranched alkanes of at least 4 members (excludes halogenated alkanes) is 1. The van der Waals surface area contributed by atoms with Crippen LogP contribution >= 0.6 is 0 Å². The summed E-state index contributed by atoms with van der Waals surface area (Å²) in [5.74, 6) is -0.359. The Hall–Kier alpha value is -2.38. The fraction of sp³-hybridized carbons (Fsp3) is 0.400. The molecule has 2 aromatic heterocycles. The van der Waals surface area contributed by atoms with Gasteiger partial charge in [-0.2, -0.15) is 0 Å². The van der Waals surface area contributed by atoms with Crippen molar-refractivity contribution in [1.82, 2.24) is 25.2 Å². The number of aromatic nitrogens is 4. The molecule has 8 nitrogen and oxygen atoms in total. The lowest BCUT2D eigenvalue weighted by Gasteiger charge is -2.03. The van der Waals surface area contributed by atoms with E-state index in [1.807, 2.05) is 10.8 Å². The first-order valence-electron chi connectivity index (χ1n) is 5.59. The Morgan fingerprint density at radius 2 is 2.33 bits per heavy atom. The first kappa shape index (κ1) is 12.1. The first-order chi connectivity index (χ1) is 8.77. The van der Waals surface area contributed by atoms with Crippen molar-refractivity contribution in [3.05, 3.63) is 24.4 Å². The summed E-state index contributed by atoms with van der Waals surface area (Å²) in [6.07, 6.45) is 7.21. The molecule has 1 amide bonds. The Kier molecular flexibility index (Phi) is 3.90. The molecule has 0 radical (unpaired) electrons. The van der Waals surface area contributed by atoms with E-state index in [0.717, 1.165) is 19.4 Å². The van der Waals surface area contributed by atoms with Gasteiger partial charge in [-0.3, -0.25) is 4.79 Å². The monoisotopic (exact) mass is 250 g/mol. The maximum absolute atomic E-state index is 11.5. The molecule has 18 heavy (non-hydrogen) atoms. The number of hydrogen-bond donors (Lipinski definition) is 2. The summed E-state index contributed by atoms with van der Waals surface area (Å²) < 4.78 is 6.33. The summed E-state index contributed by atoms with van der Waals surface area (Å²) in [6.45, 7) is 1.43. The van der Waals surface area contributed by atoms with E-state index < -0.39 is 0 Å². The molecule has 2 heterocycles. The summed E-state index contributed by atoms with van der Waals surface area (Å²) in [5, 5.41) is 9.46. The van der Waals surface area contributed by atoms with Crippen molar-refractivity contribution in [2.45, 2.75) is 19.4 Å². The molecule has 0 aromatic carbocycles. The van der Waals surface area contributed by atoms with E-state index in [9.17, 15) is 4.79 Å². The molecule has 2 rings (SSSR count). The second-order valence-electron chi connectivity index (χ2n) is 3.76. The van der Waals surface area contributed by atoms with Crippen LogP contribution in [0.4, 0.5) is 5.82 Å². The van der Waals surface area contributed by atoms with Gasteiger partial charge in [-0.25, -0.2) is 9.61 Å². The molecular weight excluding hydrogens is 236 g/mol. The predicted octanol–water partition coefficient (Wildman–Crippen LogP) is 0.0585. The molecule has 0 bridgehead atoms. The maximum atomic E-state index is 11.5. The van der Waals surface area contributed by atoms with Gasteiger partial charge in [0.1, 0.15) is 0 Å². The van der Waals surface area contributed by atoms with E-state index in [1.165, 1.54) is 0 Å². The van der Waals surface area contributed by atoms with Crippen molar-refractivity contribution in [2.75, 3.05) is 12.3 Å². The topological polar surface area (TPSA) is 112 Å². The van der Waals surface area contributed by atoms with Crippen molar-refractivity contribution in [3.8, 4) is 0 Å². The van der Waals surface area contributed by atoms with Crippen molar-refractivity contribution in [1.29, 1.82) is 0 Å². The highest BCUT2D eigenvalue weighted by molar-refractivity contribution is 5.95. The quantitative estimate of drug-likeness (QED) is 0.701. The number of nitrogens with one attached hydrogen (secondary N) is 1. The number of nitrogens with two attached hydrogens (primary N) is 1. The molecule has 0 saturated carbocycles. The van der Waals surface area contributed by atoms with Crippen LogP contribution in [-0.4, -0.2) is 32.3 Å². The molecule has 3 N–H and O–H groups in total. The van der Waals surface area contributed by atoms with Crippen LogP contribution in [0.5, 0.6) is 0 Å². The van der Waals surface area contributed by atoms with Crippen LogP contribution in [-0.2, 0) is 6.54 Å². The number of carbonyl (C=O) groups excluding carboxylic acids is 1. The minimum absolute atomic E-state index is 0.00548. The fourth-order valence-electron chi connectivity index (χ4n) is 1.48. The van der Waals surface area contributed by atoms with Gasteiger partial charge in [-0.1, -0.05) is 0 Å². The average molecular weight is 250 g/mol. The zero-order chi connectivity index (χ0) is 12.8. The highest BCUT2D eigenvalue weighted by Gasteiger charge is 2.14. The Morgan fingerprint density at radius 3 is 3.00 bits per heavy atom. The van der Waals surface area contributed by atoms with Crippen LogP contribution in [0.2, 0.25) is 0 Å². The summed E-state index contributed by atoms with van der Waals surface area (Å²) in [7, 11) is 0. The van der Waals surface area contributed by atoms with E-state index in [4.69, 9.17) is 5.73 Å². The molecule has 8 heteroatoms. The second kappa shape index (κ2) is 5.80. The number of nitrogens with zero attached hydrogens (tertiary/aromatic N) is 4. The minimum atomic E-state index is -0.364. The summed E-state index contributed by atoms with van der Waals surface area (Å²) >= 11 is 0. The van der Waals surface area contributed by atoms with Crippen molar-refractivity contribution >= 4 is 11.7 Å². The first-order valence-corrected chi connectivity index (χ1v) is 5.59. The van der Waals surface area contributed by atoms with Crippen molar-refractivity contribution in [2.24, 2.45) is 0 Å².